The maximum Gasteiger partial charge on any atom is 0.266 e. The topological polar surface area (TPSA) is 46.9 Å². The van der Waals surface area contributed by atoms with E-state index in [-0.39, 0.29) is 11.6 Å². The molecule has 0 aliphatic rings. The summed E-state index contributed by atoms with van der Waals surface area (Å²) in [6, 6.07) is 17.1. The van der Waals surface area contributed by atoms with Gasteiger partial charge in [-0.2, -0.15) is 0 Å². The summed E-state index contributed by atoms with van der Waals surface area (Å²) in [5.74, 6) is 0.733. The lowest BCUT2D eigenvalue weighted by atomic mass is 10.2. The second-order valence-corrected chi connectivity index (χ2v) is 5.24. The number of hydrogen-bond acceptors (Lipinski definition) is 3. The average molecular weight is 293 g/mol. The molecular weight excluding hydrogens is 274 g/mol. The molecule has 0 aliphatic heterocycles. The van der Waals surface area contributed by atoms with Crippen molar-refractivity contribution in [3.05, 3.63) is 70.8 Å². The summed E-state index contributed by atoms with van der Waals surface area (Å²) in [6.07, 6.45) is 0. The molecule has 1 heterocycles. The summed E-state index contributed by atoms with van der Waals surface area (Å²) >= 11 is 0. The summed E-state index contributed by atoms with van der Waals surface area (Å²) in [5.41, 5.74) is 1.54. The highest BCUT2D eigenvalue weighted by Gasteiger charge is 2.16. The standard InChI is InChI=1S/C18H19N3O/c1-3-19-13(2)17-20-16-12-8-7-11-15(16)18(22)21(17)14-9-5-4-6-10-14/h4-13,19H,3H2,1-2H3. The fraction of sp³-hybridized carbons (Fsp3) is 0.222. The third-order valence-corrected chi connectivity index (χ3v) is 3.71. The van der Waals surface area contributed by atoms with Gasteiger partial charge in [0.25, 0.3) is 5.56 Å². The molecule has 0 fully saturated rings. The van der Waals surface area contributed by atoms with Crippen molar-refractivity contribution >= 4 is 10.9 Å². The molecule has 0 radical (unpaired) electrons. The first-order chi connectivity index (χ1) is 10.7. The molecule has 1 N–H and O–H groups in total. The molecule has 0 saturated carbocycles. The number of hydrogen-bond donors (Lipinski definition) is 1. The predicted octanol–water partition coefficient (Wildman–Crippen LogP) is 3.06. The van der Waals surface area contributed by atoms with Gasteiger partial charge >= 0.3 is 0 Å². The number of para-hydroxylation sites is 2. The monoisotopic (exact) mass is 293 g/mol. The first kappa shape index (κ1) is 14.5. The Bertz CT molecular complexity index is 840. The van der Waals surface area contributed by atoms with Gasteiger partial charge in [0.1, 0.15) is 5.82 Å². The number of aromatic nitrogens is 2. The Hall–Kier alpha value is -2.46. The molecule has 2 aromatic carbocycles. The van der Waals surface area contributed by atoms with E-state index in [9.17, 15) is 4.79 Å². The summed E-state index contributed by atoms with van der Waals surface area (Å²) < 4.78 is 1.70. The number of rotatable bonds is 4. The predicted molar refractivity (Wildman–Crippen MR) is 89.4 cm³/mol. The van der Waals surface area contributed by atoms with Crippen LogP contribution in [0.2, 0.25) is 0 Å². The number of nitrogens with one attached hydrogen (secondary N) is 1. The molecule has 1 aromatic heterocycles. The van der Waals surface area contributed by atoms with Crippen LogP contribution in [0, 0.1) is 0 Å². The lowest BCUT2D eigenvalue weighted by Crippen LogP contribution is -2.30. The first-order valence-corrected chi connectivity index (χ1v) is 7.53. The number of nitrogens with zero attached hydrogens (tertiary/aromatic N) is 2. The van der Waals surface area contributed by atoms with Crippen LogP contribution in [-0.4, -0.2) is 16.1 Å². The maximum atomic E-state index is 13.0. The highest BCUT2D eigenvalue weighted by molar-refractivity contribution is 5.77. The van der Waals surface area contributed by atoms with Crippen LogP contribution >= 0.6 is 0 Å². The fourth-order valence-electron chi connectivity index (χ4n) is 2.66. The SMILES string of the molecule is CCNC(C)c1nc2ccccc2c(=O)n1-c1ccccc1. The highest BCUT2D eigenvalue weighted by atomic mass is 16.1. The van der Waals surface area contributed by atoms with Crippen molar-refractivity contribution in [2.45, 2.75) is 19.9 Å². The van der Waals surface area contributed by atoms with Crippen LogP contribution in [0.25, 0.3) is 16.6 Å². The zero-order valence-corrected chi connectivity index (χ0v) is 12.8. The Morgan fingerprint density at radius 2 is 1.77 bits per heavy atom. The maximum absolute atomic E-state index is 13.0. The van der Waals surface area contributed by atoms with Crippen molar-refractivity contribution in [1.82, 2.24) is 14.9 Å². The van der Waals surface area contributed by atoms with Gasteiger partial charge in [-0.15, -0.1) is 0 Å². The fourth-order valence-corrected chi connectivity index (χ4v) is 2.66. The minimum absolute atomic E-state index is 0.0116. The van der Waals surface area contributed by atoms with Crippen molar-refractivity contribution in [2.24, 2.45) is 0 Å². The Morgan fingerprint density at radius 3 is 2.50 bits per heavy atom. The molecular formula is C18H19N3O. The van der Waals surface area contributed by atoms with Gasteiger partial charge in [0, 0.05) is 0 Å². The molecule has 3 aromatic rings. The van der Waals surface area contributed by atoms with Crippen LogP contribution in [0.3, 0.4) is 0 Å². The van der Waals surface area contributed by atoms with E-state index in [0.717, 1.165) is 23.6 Å². The van der Waals surface area contributed by atoms with Crippen LogP contribution in [0.5, 0.6) is 0 Å². The molecule has 0 saturated heterocycles. The van der Waals surface area contributed by atoms with Crippen molar-refractivity contribution in [3.63, 3.8) is 0 Å². The van der Waals surface area contributed by atoms with Gasteiger partial charge in [-0.25, -0.2) is 4.98 Å². The van der Waals surface area contributed by atoms with Gasteiger partial charge in [0.15, 0.2) is 0 Å². The first-order valence-electron chi connectivity index (χ1n) is 7.53. The molecule has 1 unspecified atom stereocenters. The van der Waals surface area contributed by atoms with Crippen LogP contribution in [0.4, 0.5) is 0 Å². The van der Waals surface area contributed by atoms with Gasteiger partial charge < -0.3 is 5.32 Å². The van der Waals surface area contributed by atoms with Gasteiger partial charge in [0.05, 0.1) is 22.6 Å². The molecule has 0 bridgehead atoms. The van der Waals surface area contributed by atoms with E-state index < -0.39 is 0 Å². The minimum Gasteiger partial charge on any atom is -0.308 e. The summed E-state index contributed by atoms with van der Waals surface area (Å²) in [7, 11) is 0. The highest BCUT2D eigenvalue weighted by Crippen LogP contribution is 2.17. The van der Waals surface area contributed by atoms with E-state index >= 15 is 0 Å². The Labute approximate surface area is 129 Å². The van der Waals surface area contributed by atoms with Crippen molar-refractivity contribution in [2.75, 3.05) is 6.54 Å². The van der Waals surface area contributed by atoms with E-state index in [0.29, 0.717) is 5.39 Å². The Morgan fingerprint density at radius 1 is 1.09 bits per heavy atom. The van der Waals surface area contributed by atoms with Crippen LogP contribution < -0.4 is 10.9 Å². The second kappa shape index (κ2) is 6.12. The van der Waals surface area contributed by atoms with Gasteiger partial charge in [-0.05, 0) is 37.7 Å². The van der Waals surface area contributed by atoms with Crippen LogP contribution in [0.1, 0.15) is 25.7 Å². The molecule has 0 spiro atoms. The third-order valence-electron chi connectivity index (χ3n) is 3.71. The normalized spacial score (nSPS) is 12.5. The van der Waals surface area contributed by atoms with Gasteiger partial charge in [-0.1, -0.05) is 37.3 Å². The summed E-state index contributed by atoms with van der Waals surface area (Å²) in [6.45, 7) is 4.89. The zero-order valence-electron chi connectivity index (χ0n) is 12.8. The second-order valence-electron chi connectivity index (χ2n) is 5.24. The molecule has 0 aliphatic carbocycles. The average Bonchev–Trinajstić information content (AvgIpc) is 2.56. The largest absolute Gasteiger partial charge is 0.308 e. The quantitative estimate of drug-likeness (QED) is 0.804. The third kappa shape index (κ3) is 2.53. The molecule has 112 valence electrons. The molecule has 4 nitrogen and oxygen atoms in total. The summed E-state index contributed by atoms with van der Waals surface area (Å²) in [5, 5.41) is 3.98. The van der Waals surface area contributed by atoms with E-state index in [1.807, 2.05) is 68.4 Å². The van der Waals surface area contributed by atoms with E-state index in [1.54, 1.807) is 4.57 Å². The molecule has 4 heteroatoms. The Kier molecular flexibility index (Phi) is 4.02. The molecule has 1 atom stereocenters. The van der Waals surface area contributed by atoms with E-state index in [4.69, 9.17) is 4.98 Å². The van der Waals surface area contributed by atoms with Crippen LogP contribution in [-0.2, 0) is 0 Å². The summed E-state index contributed by atoms with van der Waals surface area (Å²) in [4.78, 5) is 17.7. The van der Waals surface area contributed by atoms with Gasteiger partial charge in [-0.3, -0.25) is 9.36 Å². The van der Waals surface area contributed by atoms with Crippen LogP contribution in [0.15, 0.2) is 59.4 Å². The molecule has 0 amide bonds. The van der Waals surface area contributed by atoms with E-state index in [2.05, 4.69) is 5.32 Å². The van der Waals surface area contributed by atoms with Gasteiger partial charge in [0.2, 0.25) is 0 Å². The molecule has 3 rings (SSSR count). The minimum atomic E-state index is -0.0310. The van der Waals surface area contributed by atoms with E-state index in [1.165, 1.54) is 0 Å². The van der Waals surface area contributed by atoms with Crippen molar-refractivity contribution in [1.29, 1.82) is 0 Å². The van der Waals surface area contributed by atoms with Crippen molar-refractivity contribution < 1.29 is 0 Å². The number of fused-ring (bicyclic) bond motifs is 1. The Balaban J connectivity index is 2.34. The lowest BCUT2D eigenvalue weighted by molar-refractivity contribution is 0.551. The lowest BCUT2D eigenvalue weighted by Gasteiger charge is -2.19. The number of benzene rings is 2. The van der Waals surface area contributed by atoms with Crippen molar-refractivity contribution in [3.8, 4) is 5.69 Å². The molecule has 22 heavy (non-hydrogen) atoms. The zero-order chi connectivity index (χ0) is 15.5. The smallest absolute Gasteiger partial charge is 0.266 e.